The van der Waals surface area contributed by atoms with E-state index in [1.165, 1.54) is 11.8 Å². The Kier molecular flexibility index (Phi) is 6.12. The van der Waals surface area contributed by atoms with E-state index in [-0.39, 0.29) is 11.7 Å². The Balaban J connectivity index is 1.67. The molecule has 7 heteroatoms. The second-order valence-corrected chi connectivity index (χ2v) is 6.93. The molecule has 0 bridgehead atoms. The molecule has 0 fully saturated rings. The number of furan rings is 1. The molecule has 1 aromatic carbocycles. The number of carbonyl (C=O) groups excluding carboxylic acids is 1. The average Bonchev–Trinajstić information content (AvgIpc) is 3.29. The van der Waals surface area contributed by atoms with Gasteiger partial charge in [0.1, 0.15) is 0 Å². The minimum atomic E-state index is -0.0663. The molecule has 0 unspecified atom stereocenters. The number of thioether (sulfide) groups is 1. The third-order valence-corrected chi connectivity index (χ3v) is 4.83. The van der Waals surface area contributed by atoms with E-state index in [2.05, 4.69) is 22.4 Å². The lowest BCUT2D eigenvalue weighted by atomic mass is 10.2. The van der Waals surface area contributed by atoms with Crippen molar-refractivity contribution in [2.24, 2.45) is 0 Å². The van der Waals surface area contributed by atoms with Gasteiger partial charge >= 0.3 is 0 Å². The maximum Gasteiger partial charge on any atom is 0.234 e. The van der Waals surface area contributed by atoms with E-state index in [1.54, 1.807) is 6.26 Å². The standard InChI is InChI=1S/C19H22N4O2S/c1-3-4-11-23-18(16-6-5-12-25-16)21-22-19(23)26-13-17(24)20-15-9-7-14(2)8-10-15/h5-10,12H,3-4,11,13H2,1-2H3,(H,20,24). The monoisotopic (exact) mass is 370 g/mol. The van der Waals surface area contributed by atoms with Crippen LogP contribution in [0, 0.1) is 6.92 Å². The molecule has 0 aliphatic heterocycles. The van der Waals surface area contributed by atoms with E-state index in [0.717, 1.165) is 35.8 Å². The predicted octanol–water partition coefficient (Wildman–Crippen LogP) is 4.38. The van der Waals surface area contributed by atoms with Gasteiger partial charge in [-0.25, -0.2) is 0 Å². The van der Waals surface area contributed by atoms with E-state index in [4.69, 9.17) is 4.42 Å². The number of rotatable bonds is 8. The van der Waals surface area contributed by atoms with Gasteiger partial charge in [-0.15, -0.1) is 10.2 Å². The Bertz CT molecular complexity index is 841. The molecular weight excluding hydrogens is 348 g/mol. The SMILES string of the molecule is CCCCn1c(SCC(=O)Nc2ccc(C)cc2)nnc1-c1ccco1. The molecular formula is C19H22N4O2S. The molecule has 0 radical (unpaired) electrons. The zero-order chi connectivity index (χ0) is 18.4. The van der Waals surface area contributed by atoms with Gasteiger partial charge in [-0.2, -0.15) is 0 Å². The number of aromatic nitrogens is 3. The molecule has 26 heavy (non-hydrogen) atoms. The number of benzene rings is 1. The Morgan fingerprint density at radius 2 is 2.04 bits per heavy atom. The number of unbranched alkanes of at least 4 members (excludes halogenated alkanes) is 1. The zero-order valence-corrected chi connectivity index (χ0v) is 15.8. The quantitative estimate of drug-likeness (QED) is 0.596. The fourth-order valence-electron chi connectivity index (χ4n) is 2.47. The Morgan fingerprint density at radius 3 is 2.73 bits per heavy atom. The van der Waals surface area contributed by atoms with Gasteiger partial charge in [0, 0.05) is 12.2 Å². The molecule has 0 aliphatic carbocycles. The van der Waals surface area contributed by atoms with Crippen molar-refractivity contribution in [3.8, 4) is 11.6 Å². The van der Waals surface area contributed by atoms with Gasteiger partial charge in [-0.3, -0.25) is 9.36 Å². The molecule has 1 N–H and O–H groups in total. The highest BCUT2D eigenvalue weighted by Gasteiger charge is 2.17. The normalized spacial score (nSPS) is 10.8. The first-order valence-electron chi connectivity index (χ1n) is 8.63. The number of anilines is 1. The van der Waals surface area contributed by atoms with Crippen LogP contribution in [-0.2, 0) is 11.3 Å². The van der Waals surface area contributed by atoms with Crippen LogP contribution in [0.3, 0.4) is 0 Å². The highest BCUT2D eigenvalue weighted by atomic mass is 32.2. The second-order valence-electron chi connectivity index (χ2n) is 5.99. The van der Waals surface area contributed by atoms with Gasteiger partial charge in [-0.05, 0) is 37.6 Å². The van der Waals surface area contributed by atoms with Crippen molar-refractivity contribution in [1.82, 2.24) is 14.8 Å². The molecule has 0 saturated heterocycles. The van der Waals surface area contributed by atoms with E-state index in [0.29, 0.717) is 11.6 Å². The maximum atomic E-state index is 12.2. The average molecular weight is 370 g/mol. The minimum absolute atomic E-state index is 0.0663. The molecule has 2 heterocycles. The van der Waals surface area contributed by atoms with Crippen molar-refractivity contribution in [3.05, 3.63) is 48.2 Å². The number of nitrogens with zero attached hydrogens (tertiary/aromatic N) is 3. The maximum absolute atomic E-state index is 12.2. The summed E-state index contributed by atoms with van der Waals surface area (Å²) >= 11 is 1.38. The van der Waals surface area contributed by atoms with Crippen LogP contribution >= 0.6 is 11.8 Å². The number of amides is 1. The van der Waals surface area contributed by atoms with Crippen molar-refractivity contribution in [1.29, 1.82) is 0 Å². The molecule has 1 amide bonds. The first-order chi connectivity index (χ1) is 12.7. The second kappa shape index (κ2) is 8.71. The summed E-state index contributed by atoms with van der Waals surface area (Å²) in [6.07, 6.45) is 3.69. The Labute approximate surface area is 157 Å². The Morgan fingerprint density at radius 1 is 1.23 bits per heavy atom. The van der Waals surface area contributed by atoms with E-state index in [1.807, 2.05) is 47.9 Å². The summed E-state index contributed by atoms with van der Waals surface area (Å²) in [6.45, 7) is 4.95. The van der Waals surface area contributed by atoms with Crippen LogP contribution < -0.4 is 5.32 Å². The first-order valence-corrected chi connectivity index (χ1v) is 9.62. The predicted molar refractivity (Wildman–Crippen MR) is 103 cm³/mol. The number of hydrogen-bond donors (Lipinski definition) is 1. The van der Waals surface area contributed by atoms with Gasteiger partial charge < -0.3 is 9.73 Å². The summed E-state index contributed by atoms with van der Waals surface area (Å²) in [5.41, 5.74) is 1.96. The van der Waals surface area contributed by atoms with E-state index >= 15 is 0 Å². The van der Waals surface area contributed by atoms with Crippen molar-refractivity contribution in [2.45, 2.75) is 38.4 Å². The molecule has 6 nitrogen and oxygen atoms in total. The zero-order valence-electron chi connectivity index (χ0n) is 14.9. The van der Waals surface area contributed by atoms with Crippen molar-refractivity contribution in [3.63, 3.8) is 0 Å². The van der Waals surface area contributed by atoms with Gasteiger partial charge in [-0.1, -0.05) is 42.8 Å². The van der Waals surface area contributed by atoms with E-state index < -0.39 is 0 Å². The van der Waals surface area contributed by atoms with E-state index in [9.17, 15) is 4.79 Å². The smallest absolute Gasteiger partial charge is 0.234 e. The van der Waals surface area contributed by atoms with Gasteiger partial charge in [0.25, 0.3) is 0 Å². The number of carbonyl (C=O) groups is 1. The molecule has 136 valence electrons. The van der Waals surface area contributed by atoms with Gasteiger partial charge in [0.2, 0.25) is 5.91 Å². The third-order valence-electron chi connectivity index (χ3n) is 3.86. The fourth-order valence-corrected chi connectivity index (χ4v) is 3.23. The van der Waals surface area contributed by atoms with Crippen LogP contribution in [0.15, 0.2) is 52.2 Å². The van der Waals surface area contributed by atoms with Crippen LogP contribution in [0.4, 0.5) is 5.69 Å². The molecule has 3 rings (SSSR count). The summed E-state index contributed by atoms with van der Waals surface area (Å²) < 4.78 is 7.48. The highest BCUT2D eigenvalue weighted by molar-refractivity contribution is 7.99. The number of nitrogens with one attached hydrogen (secondary N) is 1. The first kappa shape index (κ1) is 18.3. The molecule has 0 spiro atoms. The number of hydrogen-bond acceptors (Lipinski definition) is 5. The van der Waals surface area contributed by atoms with Gasteiger partial charge in [0.05, 0.1) is 12.0 Å². The molecule has 2 aromatic heterocycles. The minimum Gasteiger partial charge on any atom is -0.461 e. The van der Waals surface area contributed by atoms with Crippen LogP contribution in [0.25, 0.3) is 11.6 Å². The summed E-state index contributed by atoms with van der Waals surface area (Å²) in [4.78, 5) is 12.2. The van der Waals surface area contributed by atoms with Crippen LogP contribution in [0.5, 0.6) is 0 Å². The lowest BCUT2D eigenvalue weighted by Crippen LogP contribution is -2.14. The highest BCUT2D eigenvalue weighted by Crippen LogP contribution is 2.25. The molecule has 3 aromatic rings. The third kappa shape index (κ3) is 4.54. The van der Waals surface area contributed by atoms with Crippen molar-refractivity contribution in [2.75, 3.05) is 11.1 Å². The fraction of sp³-hybridized carbons (Fsp3) is 0.316. The number of aryl methyl sites for hydroxylation is 1. The topological polar surface area (TPSA) is 73.0 Å². The largest absolute Gasteiger partial charge is 0.461 e. The molecule has 0 saturated carbocycles. The van der Waals surface area contributed by atoms with Crippen LogP contribution in [0.1, 0.15) is 25.3 Å². The lowest BCUT2D eigenvalue weighted by Gasteiger charge is -2.09. The van der Waals surface area contributed by atoms with Gasteiger partial charge in [0.15, 0.2) is 16.7 Å². The summed E-state index contributed by atoms with van der Waals surface area (Å²) in [6, 6.07) is 11.4. The summed E-state index contributed by atoms with van der Waals surface area (Å²) in [7, 11) is 0. The Hall–Kier alpha value is -2.54. The summed E-state index contributed by atoms with van der Waals surface area (Å²) in [5, 5.41) is 12.1. The molecule has 0 atom stereocenters. The molecule has 0 aliphatic rings. The van der Waals surface area contributed by atoms with Crippen LogP contribution in [0.2, 0.25) is 0 Å². The van der Waals surface area contributed by atoms with Crippen molar-refractivity contribution >= 4 is 23.4 Å². The van der Waals surface area contributed by atoms with Crippen molar-refractivity contribution < 1.29 is 9.21 Å². The lowest BCUT2D eigenvalue weighted by molar-refractivity contribution is -0.113. The van der Waals surface area contributed by atoms with Crippen LogP contribution in [-0.4, -0.2) is 26.4 Å². The summed E-state index contributed by atoms with van der Waals surface area (Å²) in [5.74, 6) is 1.59.